The summed E-state index contributed by atoms with van der Waals surface area (Å²) in [4.78, 5) is 29.2. The third-order valence-electron chi connectivity index (χ3n) is 7.14. The average molecular weight is 648 g/mol. The highest BCUT2D eigenvalue weighted by Crippen LogP contribution is 2.24. The zero-order valence-corrected chi connectivity index (χ0v) is 27.0. The second-order valence-corrected chi connectivity index (χ2v) is 13.0. The van der Waals surface area contributed by atoms with Crippen LogP contribution in [-0.2, 0) is 39.2 Å². The van der Waals surface area contributed by atoms with Gasteiger partial charge in [0.05, 0.1) is 11.9 Å². The summed E-state index contributed by atoms with van der Waals surface area (Å²) >= 11 is 6.11. The van der Waals surface area contributed by atoms with Crippen molar-refractivity contribution >= 4 is 39.1 Å². The molecule has 2 amide bonds. The van der Waals surface area contributed by atoms with E-state index in [0.29, 0.717) is 29.6 Å². The molecule has 0 unspecified atom stereocenters. The molecule has 0 saturated heterocycles. The lowest BCUT2D eigenvalue weighted by atomic mass is 10.0. The van der Waals surface area contributed by atoms with E-state index >= 15 is 0 Å². The van der Waals surface area contributed by atoms with Gasteiger partial charge in [-0.1, -0.05) is 91.3 Å². The van der Waals surface area contributed by atoms with E-state index in [2.05, 4.69) is 5.32 Å². The topological polar surface area (TPSA) is 96.0 Å². The summed E-state index contributed by atoms with van der Waals surface area (Å²) in [7, 11) is -3.89. The van der Waals surface area contributed by atoms with Crippen LogP contribution in [0.2, 0.25) is 5.02 Å². The molecule has 0 aromatic heterocycles. The summed E-state index contributed by atoms with van der Waals surface area (Å²) in [5.41, 5.74) is 2.92. The highest BCUT2D eigenvalue weighted by atomic mass is 35.5. The highest BCUT2D eigenvalue weighted by Gasteiger charge is 2.33. The third-order valence-corrected chi connectivity index (χ3v) is 8.53. The SMILES string of the molecule is CCCNC(=O)[C@H](Cc1ccccc1)N(Cc1ccc(Cl)cc1)C(=O)CN(c1ccc(OCc2ccccc2)cc1)S(C)(=O)=O. The van der Waals surface area contributed by atoms with Crippen LogP contribution < -0.4 is 14.4 Å². The molecule has 0 aliphatic heterocycles. The number of ether oxygens (including phenoxy) is 1. The number of nitrogens with zero attached hydrogens (tertiary/aromatic N) is 2. The lowest BCUT2D eigenvalue weighted by Crippen LogP contribution is -2.53. The Labute approximate surface area is 270 Å². The monoisotopic (exact) mass is 647 g/mol. The third kappa shape index (κ3) is 10.1. The maximum atomic E-state index is 14.2. The van der Waals surface area contributed by atoms with Crippen LogP contribution in [0.5, 0.6) is 5.75 Å². The van der Waals surface area contributed by atoms with Crippen molar-refractivity contribution < 1.29 is 22.7 Å². The second kappa shape index (κ2) is 16.1. The summed E-state index contributed by atoms with van der Waals surface area (Å²) in [5, 5.41) is 3.47. The Morgan fingerprint density at radius 2 is 1.42 bits per heavy atom. The Morgan fingerprint density at radius 3 is 2.00 bits per heavy atom. The number of hydrogen-bond acceptors (Lipinski definition) is 5. The molecule has 0 saturated carbocycles. The van der Waals surface area contributed by atoms with Gasteiger partial charge in [-0.25, -0.2) is 8.42 Å². The van der Waals surface area contributed by atoms with Crippen LogP contribution >= 0.6 is 11.6 Å². The molecule has 45 heavy (non-hydrogen) atoms. The minimum atomic E-state index is -3.89. The first-order chi connectivity index (χ1) is 21.6. The van der Waals surface area contributed by atoms with Gasteiger partial charge in [-0.3, -0.25) is 13.9 Å². The van der Waals surface area contributed by atoms with E-state index in [1.54, 1.807) is 48.5 Å². The van der Waals surface area contributed by atoms with Crippen molar-refractivity contribution in [3.05, 3.63) is 131 Å². The van der Waals surface area contributed by atoms with Gasteiger partial charge in [0, 0.05) is 24.5 Å². The molecule has 1 atom stereocenters. The molecule has 0 spiro atoms. The van der Waals surface area contributed by atoms with E-state index in [1.807, 2.05) is 67.6 Å². The van der Waals surface area contributed by atoms with Crippen molar-refractivity contribution in [1.82, 2.24) is 10.2 Å². The number of anilines is 1. The molecule has 0 aliphatic rings. The number of carbonyl (C=O) groups excluding carboxylic acids is 2. The van der Waals surface area contributed by atoms with Crippen LogP contribution in [0.3, 0.4) is 0 Å². The molecule has 0 radical (unpaired) electrons. The van der Waals surface area contributed by atoms with Crippen LogP contribution in [0.15, 0.2) is 109 Å². The predicted molar refractivity (Wildman–Crippen MR) is 179 cm³/mol. The Kier molecular flexibility index (Phi) is 12.0. The number of carbonyl (C=O) groups is 2. The van der Waals surface area contributed by atoms with E-state index in [-0.39, 0.29) is 18.9 Å². The Hall–Kier alpha value is -4.34. The van der Waals surface area contributed by atoms with Gasteiger partial charge >= 0.3 is 0 Å². The van der Waals surface area contributed by atoms with Crippen molar-refractivity contribution in [2.75, 3.05) is 23.7 Å². The molecular formula is C35H38ClN3O5S. The number of nitrogens with one attached hydrogen (secondary N) is 1. The largest absolute Gasteiger partial charge is 0.489 e. The molecule has 4 rings (SSSR count). The van der Waals surface area contributed by atoms with E-state index in [1.165, 1.54) is 4.90 Å². The minimum Gasteiger partial charge on any atom is -0.489 e. The van der Waals surface area contributed by atoms with Crippen molar-refractivity contribution in [3.8, 4) is 5.75 Å². The first-order valence-corrected chi connectivity index (χ1v) is 17.0. The fraction of sp³-hybridized carbons (Fsp3) is 0.257. The quantitative estimate of drug-likeness (QED) is 0.175. The smallest absolute Gasteiger partial charge is 0.244 e. The van der Waals surface area contributed by atoms with Crippen molar-refractivity contribution in [3.63, 3.8) is 0 Å². The van der Waals surface area contributed by atoms with Crippen LogP contribution in [0.4, 0.5) is 5.69 Å². The first kappa shape index (κ1) is 33.6. The molecule has 0 heterocycles. The molecule has 4 aromatic rings. The van der Waals surface area contributed by atoms with Gasteiger partial charge < -0.3 is 15.0 Å². The van der Waals surface area contributed by atoms with Crippen molar-refractivity contribution in [1.29, 1.82) is 0 Å². The van der Waals surface area contributed by atoms with Crippen LogP contribution in [-0.4, -0.2) is 50.5 Å². The van der Waals surface area contributed by atoms with Crippen molar-refractivity contribution in [2.24, 2.45) is 0 Å². The zero-order valence-electron chi connectivity index (χ0n) is 25.4. The number of halogens is 1. The van der Waals surface area contributed by atoms with Gasteiger partial charge in [-0.15, -0.1) is 0 Å². The van der Waals surface area contributed by atoms with E-state index in [0.717, 1.165) is 33.7 Å². The molecule has 10 heteroatoms. The number of rotatable bonds is 15. The summed E-state index contributed by atoms with van der Waals surface area (Å²) in [6.45, 7) is 2.34. The molecule has 0 bridgehead atoms. The Morgan fingerprint density at radius 1 is 0.822 bits per heavy atom. The Bertz CT molecular complexity index is 1630. The molecule has 1 N–H and O–H groups in total. The van der Waals surface area contributed by atoms with E-state index in [9.17, 15) is 18.0 Å². The van der Waals surface area contributed by atoms with Crippen LogP contribution in [0.25, 0.3) is 0 Å². The van der Waals surface area contributed by atoms with E-state index in [4.69, 9.17) is 16.3 Å². The summed E-state index contributed by atoms with van der Waals surface area (Å²) < 4.78 is 33.0. The van der Waals surface area contributed by atoms with Gasteiger partial charge in [0.15, 0.2) is 0 Å². The minimum absolute atomic E-state index is 0.0803. The molecule has 236 valence electrons. The van der Waals surface area contributed by atoms with Gasteiger partial charge in [0.25, 0.3) is 0 Å². The lowest BCUT2D eigenvalue weighted by Gasteiger charge is -2.33. The average Bonchev–Trinajstić information content (AvgIpc) is 3.04. The van der Waals surface area contributed by atoms with E-state index < -0.39 is 28.5 Å². The maximum Gasteiger partial charge on any atom is 0.244 e. The maximum absolute atomic E-state index is 14.2. The van der Waals surface area contributed by atoms with Gasteiger partial charge in [-0.2, -0.15) is 0 Å². The molecule has 4 aromatic carbocycles. The molecule has 8 nitrogen and oxygen atoms in total. The zero-order chi connectivity index (χ0) is 32.2. The van der Waals surface area contributed by atoms with Crippen LogP contribution in [0, 0.1) is 0 Å². The number of benzene rings is 4. The molecular weight excluding hydrogens is 610 g/mol. The second-order valence-electron chi connectivity index (χ2n) is 10.7. The van der Waals surface area contributed by atoms with Crippen LogP contribution in [0.1, 0.15) is 30.0 Å². The number of sulfonamides is 1. The van der Waals surface area contributed by atoms with Gasteiger partial charge in [0.1, 0.15) is 24.9 Å². The van der Waals surface area contributed by atoms with Gasteiger partial charge in [0.2, 0.25) is 21.8 Å². The molecule has 0 fully saturated rings. The highest BCUT2D eigenvalue weighted by molar-refractivity contribution is 7.92. The standard InChI is InChI=1S/C35H38ClN3O5S/c1-3-22-37-35(41)33(23-27-10-6-4-7-11-27)38(24-28-14-16-30(36)17-15-28)34(40)25-39(45(2,42)43)31-18-20-32(21-19-31)44-26-29-12-8-5-9-13-29/h4-21,33H,3,22-26H2,1-2H3,(H,37,41)/t33-/m0/s1. The summed E-state index contributed by atoms with van der Waals surface area (Å²) in [6.07, 6.45) is 2.03. The number of hydrogen-bond donors (Lipinski definition) is 1. The fourth-order valence-electron chi connectivity index (χ4n) is 4.77. The van der Waals surface area contributed by atoms with Crippen molar-refractivity contribution in [2.45, 2.75) is 39.0 Å². The fourth-order valence-corrected chi connectivity index (χ4v) is 5.75. The predicted octanol–water partition coefficient (Wildman–Crippen LogP) is 5.85. The van der Waals surface area contributed by atoms with Gasteiger partial charge in [-0.05, 0) is 59.5 Å². The first-order valence-electron chi connectivity index (χ1n) is 14.7. The number of amides is 2. The molecule has 0 aliphatic carbocycles. The summed E-state index contributed by atoms with van der Waals surface area (Å²) in [5.74, 6) is -0.275. The summed E-state index contributed by atoms with van der Waals surface area (Å²) in [6, 6.07) is 31.8. The Balaban J connectivity index is 1.63. The lowest BCUT2D eigenvalue weighted by molar-refractivity contribution is -0.140. The normalized spacial score (nSPS) is 11.8.